The van der Waals surface area contributed by atoms with Crippen molar-refractivity contribution in [1.82, 2.24) is 44.7 Å². The summed E-state index contributed by atoms with van der Waals surface area (Å²) in [5, 5.41) is 12.7. The second kappa shape index (κ2) is 13.1. The van der Waals surface area contributed by atoms with Crippen LogP contribution < -0.4 is 16.3 Å². The van der Waals surface area contributed by atoms with E-state index in [2.05, 4.69) is 25.5 Å². The van der Waals surface area contributed by atoms with Crippen LogP contribution in [-0.4, -0.2) is 71.0 Å². The molecule has 45 heavy (non-hydrogen) atoms. The van der Waals surface area contributed by atoms with Crippen LogP contribution in [0.3, 0.4) is 0 Å². The standard InChI is InChI=1S/C25H21ClF7N9O2.ClH/c26-14-5-3-13(4-6-14)20-39-41(11-19-36-12-42(38-19)21-16(24(28,29)30)2-1-7-34-21)23(44)40(20)10-18(25(31,32)33)37-22(43)17-8-15(27)9-35-17;/h1-7,12,15,17-18,35H,8-11H2,(H,37,43);1H/t15-,17+,18?;/m1./s1. The first-order chi connectivity index (χ1) is 20.7. The van der Waals surface area contributed by atoms with E-state index in [1.807, 2.05) is 5.32 Å². The lowest BCUT2D eigenvalue weighted by molar-refractivity contribution is -0.164. The number of pyridine rings is 1. The third-order valence-electron chi connectivity index (χ3n) is 6.64. The Morgan fingerprint density at radius 3 is 2.42 bits per heavy atom. The van der Waals surface area contributed by atoms with Crippen molar-refractivity contribution < 1.29 is 35.5 Å². The lowest BCUT2D eigenvalue weighted by Gasteiger charge is -2.24. The molecule has 20 heteroatoms. The predicted molar refractivity (Wildman–Crippen MR) is 147 cm³/mol. The topological polar surface area (TPSA) is 125 Å². The Morgan fingerprint density at radius 2 is 1.80 bits per heavy atom. The van der Waals surface area contributed by atoms with Crippen molar-refractivity contribution in [3.63, 3.8) is 0 Å². The van der Waals surface area contributed by atoms with E-state index >= 15 is 0 Å². The largest absolute Gasteiger partial charge is 0.420 e. The SMILES string of the molecule is Cl.O=C(NC(Cn1c(-c2ccc(Cl)cc2)nn(Cc2ncn(-c3ncccc3C(F)(F)F)n2)c1=O)C(F)(F)F)[C@@H]1C[C@@H](F)CN1. The van der Waals surface area contributed by atoms with Crippen molar-refractivity contribution in [2.75, 3.05) is 6.54 Å². The zero-order chi connectivity index (χ0) is 31.8. The molecule has 0 spiro atoms. The summed E-state index contributed by atoms with van der Waals surface area (Å²) in [6.07, 6.45) is -9.45. The minimum absolute atomic E-state index is 0. The molecule has 1 aromatic carbocycles. The van der Waals surface area contributed by atoms with Gasteiger partial charge in [-0.2, -0.15) is 26.3 Å². The third kappa shape index (κ3) is 7.62. The highest BCUT2D eigenvalue weighted by Gasteiger charge is 2.43. The fourth-order valence-corrected chi connectivity index (χ4v) is 4.63. The molecule has 3 aromatic heterocycles. The van der Waals surface area contributed by atoms with Gasteiger partial charge in [0, 0.05) is 29.7 Å². The highest BCUT2D eigenvalue weighted by atomic mass is 35.5. The van der Waals surface area contributed by atoms with Gasteiger partial charge in [0.2, 0.25) is 5.91 Å². The Bertz CT molecular complexity index is 1700. The molecular weight excluding hydrogens is 662 g/mol. The fourth-order valence-electron chi connectivity index (χ4n) is 4.51. The molecule has 1 amide bonds. The van der Waals surface area contributed by atoms with E-state index in [1.165, 1.54) is 24.3 Å². The van der Waals surface area contributed by atoms with Gasteiger partial charge in [-0.05, 0) is 36.4 Å². The monoisotopic (exact) mass is 683 g/mol. The minimum atomic E-state index is -5.03. The smallest absolute Gasteiger partial charge is 0.342 e. The van der Waals surface area contributed by atoms with E-state index in [9.17, 15) is 40.3 Å². The lowest BCUT2D eigenvalue weighted by atomic mass is 10.1. The van der Waals surface area contributed by atoms with Crippen molar-refractivity contribution in [1.29, 1.82) is 0 Å². The number of hydrogen-bond acceptors (Lipinski definition) is 7. The van der Waals surface area contributed by atoms with Gasteiger partial charge in [-0.15, -0.1) is 22.6 Å². The van der Waals surface area contributed by atoms with Gasteiger partial charge in [-0.1, -0.05) is 11.6 Å². The van der Waals surface area contributed by atoms with E-state index in [1.54, 1.807) is 0 Å². The van der Waals surface area contributed by atoms with Crippen LogP contribution in [0.1, 0.15) is 17.8 Å². The average Bonchev–Trinajstić information content (AvgIpc) is 3.68. The summed E-state index contributed by atoms with van der Waals surface area (Å²) in [4.78, 5) is 33.5. The summed E-state index contributed by atoms with van der Waals surface area (Å²) in [5.74, 6) is -2.12. The second-order valence-corrected chi connectivity index (χ2v) is 10.2. The number of benzene rings is 1. The summed E-state index contributed by atoms with van der Waals surface area (Å²) in [5.41, 5.74) is -1.97. The van der Waals surface area contributed by atoms with Gasteiger partial charge in [0.25, 0.3) is 0 Å². The number of aromatic nitrogens is 7. The maximum Gasteiger partial charge on any atom is 0.420 e. The first kappa shape index (κ1) is 33.9. The number of halogens is 9. The Balaban J connectivity index is 0.00000461. The van der Waals surface area contributed by atoms with E-state index in [-0.39, 0.29) is 42.6 Å². The molecule has 2 N–H and O–H groups in total. The number of alkyl halides is 7. The zero-order valence-electron chi connectivity index (χ0n) is 22.6. The zero-order valence-corrected chi connectivity index (χ0v) is 24.1. The molecule has 0 aliphatic carbocycles. The predicted octanol–water partition coefficient (Wildman–Crippen LogP) is 3.58. The van der Waals surface area contributed by atoms with Crippen LogP contribution in [0.4, 0.5) is 30.7 Å². The minimum Gasteiger partial charge on any atom is -0.342 e. The van der Waals surface area contributed by atoms with Crippen LogP contribution in [0.2, 0.25) is 5.02 Å². The fraction of sp³-hybridized carbons (Fsp3) is 0.360. The second-order valence-electron chi connectivity index (χ2n) is 9.76. The van der Waals surface area contributed by atoms with Gasteiger partial charge in [-0.25, -0.2) is 28.5 Å². The third-order valence-corrected chi connectivity index (χ3v) is 6.89. The van der Waals surface area contributed by atoms with Gasteiger partial charge in [0.1, 0.15) is 30.6 Å². The summed E-state index contributed by atoms with van der Waals surface area (Å²) in [6, 6.07) is 3.77. The Kier molecular flexibility index (Phi) is 9.88. The van der Waals surface area contributed by atoms with Gasteiger partial charge in [-0.3, -0.25) is 9.36 Å². The molecule has 5 rings (SSSR count). The number of hydrogen-bond donors (Lipinski definition) is 2. The van der Waals surface area contributed by atoms with Crippen LogP contribution >= 0.6 is 24.0 Å². The molecule has 1 unspecified atom stereocenters. The molecule has 4 aromatic rings. The van der Waals surface area contributed by atoms with Crippen molar-refractivity contribution >= 4 is 29.9 Å². The molecule has 3 atom stereocenters. The van der Waals surface area contributed by atoms with Gasteiger partial charge < -0.3 is 10.6 Å². The molecule has 0 saturated carbocycles. The van der Waals surface area contributed by atoms with Crippen LogP contribution in [0.5, 0.6) is 0 Å². The van der Waals surface area contributed by atoms with Gasteiger partial charge in [0.05, 0.1) is 12.6 Å². The summed E-state index contributed by atoms with van der Waals surface area (Å²) in [6.45, 7) is -1.84. The molecular formula is C25H22Cl2F7N9O2. The maximum atomic E-state index is 14.1. The summed E-state index contributed by atoms with van der Waals surface area (Å²) < 4.78 is 98.4. The van der Waals surface area contributed by atoms with Crippen LogP contribution in [0.25, 0.3) is 17.2 Å². The lowest BCUT2D eigenvalue weighted by Crippen LogP contribution is -2.53. The molecule has 4 heterocycles. The van der Waals surface area contributed by atoms with Crippen molar-refractivity contribution in [3.05, 3.63) is 75.8 Å². The van der Waals surface area contributed by atoms with E-state index < -0.39 is 66.7 Å². The first-order valence-electron chi connectivity index (χ1n) is 12.8. The summed E-state index contributed by atoms with van der Waals surface area (Å²) >= 11 is 5.93. The number of carbonyl (C=O) groups is 1. The van der Waals surface area contributed by atoms with Crippen molar-refractivity contribution in [2.24, 2.45) is 0 Å². The van der Waals surface area contributed by atoms with Crippen LogP contribution in [0, 0.1) is 0 Å². The number of carbonyl (C=O) groups excluding carboxylic acids is 1. The normalized spacial score (nSPS) is 17.6. The number of amides is 1. The molecule has 1 aliphatic heterocycles. The van der Waals surface area contributed by atoms with Gasteiger partial charge in [0.15, 0.2) is 17.5 Å². The summed E-state index contributed by atoms with van der Waals surface area (Å²) in [7, 11) is 0. The van der Waals surface area contributed by atoms with Crippen molar-refractivity contribution in [2.45, 2.75) is 50.1 Å². The maximum absolute atomic E-state index is 14.1. The number of rotatable bonds is 8. The van der Waals surface area contributed by atoms with E-state index in [0.717, 1.165) is 34.0 Å². The number of nitrogens with one attached hydrogen (secondary N) is 2. The van der Waals surface area contributed by atoms with E-state index in [4.69, 9.17) is 11.6 Å². The molecule has 0 bridgehead atoms. The molecule has 0 radical (unpaired) electrons. The molecule has 1 aliphatic rings. The molecule has 1 saturated heterocycles. The Hall–Kier alpha value is -4.03. The average molecular weight is 684 g/mol. The first-order valence-corrected chi connectivity index (χ1v) is 13.2. The Morgan fingerprint density at radius 1 is 1.09 bits per heavy atom. The van der Waals surface area contributed by atoms with Gasteiger partial charge >= 0.3 is 18.0 Å². The quantitative estimate of drug-likeness (QED) is 0.272. The van der Waals surface area contributed by atoms with Crippen LogP contribution in [-0.2, 0) is 24.1 Å². The molecule has 242 valence electrons. The van der Waals surface area contributed by atoms with E-state index in [0.29, 0.717) is 9.59 Å². The highest BCUT2D eigenvalue weighted by molar-refractivity contribution is 6.30. The van der Waals surface area contributed by atoms with Crippen molar-refractivity contribution in [3.8, 4) is 17.2 Å². The highest BCUT2D eigenvalue weighted by Crippen LogP contribution is 2.32. The molecule has 1 fully saturated rings. The molecule has 11 nitrogen and oxygen atoms in total. The Labute approximate surface area is 259 Å². The van der Waals surface area contributed by atoms with Crippen LogP contribution in [0.15, 0.2) is 53.7 Å². The number of nitrogens with zero attached hydrogens (tertiary/aromatic N) is 7.